The number of pyridine rings is 1. The monoisotopic (exact) mass is 236 g/mol. The van der Waals surface area contributed by atoms with Crippen LogP contribution in [0.2, 0.25) is 0 Å². The Labute approximate surface area is 102 Å². The zero-order valence-electron chi connectivity index (χ0n) is 10.4. The van der Waals surface area contributed by atoms with Crippen LogP contribution in [0.25, 0.3) is 0 Å². The number of aliphatic carboxylic acids is 1. The van der Waals surface area contributed by atoms with Crippen LogP contribution in [0.15, 0.2) is 24.4 Å². The molecule has 0 radical (unpaired) electrons. The van der Waals surface area contributed by atoms with E-state index in [2.05, 4.69) is 17.2 Å². The van der Waals surface area contributed by atoms with Gasteiger partial charge in [-0.1, -0.05) is 25.8 Å². The Balaban J connectivity index is 2.58. The van der Waals surface area contributed by atoms with E-state index in [1.807, 2.05) is 25.1 Å². The Hall–Kier alpha value is -1.42. The first-order valence-electron chi connectivity index (χ1n) is 6.05. The molecule has 1 heterocycles. The van der Waals surface area contributed by atoms with E-state index in [1.54, 1.807) is 6.20 Å². The summed E-state index contributed by atoms with van der Waals surface area (Å²) < 4.78 is 0. The normalized spacial score (nSPS) is 14.2. The van der Waals surface area contributed by atoms with Gasteiger partial charge in [0.1, 0.15) is 6.04 Å². The molecule has 0 aliphatic carbocycles. The van der Waals surface area contributed by atoms with E-state index in [-0.39, 0.29) is 6.04 Å². The lowest BCUT2D eigenvalue weighted by molar-refractivity contribution is -0.139. The fraction of sp³-hybridized carbons (Fsp3) is 0.538. The molecule has 1 rings (SSSR count). The number of carboxylic acid groups (broad SMARTS) is 1. The maximum absolute atomic E-state index is 11.1. The summed E-state index contributed by atoms with van der Waals surface area (Å²) in [6.07, 6.45) is 4.29. The third kappa shape index (κ3) is 4.53. The first-order chi connectivity index (χ1) is 8.15. The Morgan fingerprint density at radius 3 is 2.82 bits per heavy atom. The van der Waals surface area contributed by atoms with Crippen molar-refractivity contribution in [3.05, 3.63) is 30.1 Å². The second-order valence-corrected chi connectivity index (χ2v) is 4.18. The van der Waals surface area contributed by atoms with Gasteiger partial charge in [0.2, 0.25) is 0 Å². The molecule has 0 aliphatic rings. The van der Waals surface area contributed by atoms with E-state index in [9.17, 15) is 4.79 Å². The van der Waals surface area contributed by atoms with Gasteiger partial charge in [-0.2, -0.15) is 0 Å². The van der Waals surface area contributed by atoms with Gasteiger partial charge in [-0.05, 0) is 25.5 Å². The molecule has 0 saturated carbocycles. The quantitative estimate of drug-likeness (QED) is 0.763. The molecular formula is C13H20N2O2. The Bertz CT molecular complexity index is 341. The van der Waals surface area contributed by atoms with Crippen molar-refractivity contribution in [1.29, 1.82) is 0 Å². The van der Waals surface area contributed by atoms with Gasteiger partial charge in [0.15, 0.2) is 0 Å². The SMILES string of the molecule is CCCCC(N[C@H](C)c1ccccn1)C(=O)O. The molecule has 1 unspecified atom stereocenters. The molecule has 0 spiro atoms. The van der Waals surface area contributed by atoms with Crippen molar-refractivity contribution in [3.8, 4) is 0 Å². The second kappa shape index (κ2) is 7.01. The predicted molar refractivity (Wildman–Crippen MR) is 66.7 cm³/mol. The van der Waals surface area contributed by atoms with E-state index in [0.717, 1.165) is 18.5 Å². The first kappa shape index (κ1) is 13.6. The fourth-order valence-corrected chi connectivity index (χ4v) is 1.71. The number of carboxylic acids is 1. The van der Waals surface area contributed by atoms with Gasteiger partial charge in [-0.3, -0.25) is 15.1 Å². The summed E-state index contributed by atoms with van der Waals surface area (Å²) in [6.45, 7) is 3.99. The molecule has 94 valence electrons. The van der Waals surface area contributed by atoms with Gasteiger partial charge in [0.25, 0.3) is 0 Å². The van der Waals surface area contributed by atoms with Crippen LogP contribution in [0, 0.1) is 0 Å². The molecule has 1 aromatic heterocycles. The molecule has 0 bridgehead atoms. The summed E-state index contributed by atoms with van der Waals surface area (Å²) in [5.41, 5.74) is 0.871. The smallest absolute Gasteiger partial charge is 0.320 e. The largest absolute Gasteiger partial charge is 0.480 e. The standard InChI is InChI=1S/C13H20N2O2/c1-3-4-7-12(13(16)17)15-10(2)11-8-5-6-9-14-11/h5-6,8-10,12,15H,3-4,7H2,1-2H3,(H,16,17)/t10-,12?/m1/s1. The van der Waals surface area contributed by atoms with Crippen molar-refractivity contribution in [2.45, 2.75) is 45.2 Å². The molecule has 4 heteroatoms. The maximum Gasteiger partial charge on any atom is 0.320 e. The molecule has 0 amide bonds. The van der Waals surface area contributed by atoms with Crippen LogP contribution >= 0.6 is 0 Å². The number of aromatic nitrogens is 1. The minimum absolute atomic E-state index is 0.0471. The summed E-state index contributed by atoms with van der Waals surface area (Å²) in [4.78, 5) is 15.3. The Kier molecular flexibility index (Phi) is 5.63. The summed E-state index contributed by atoms with van der Waals surface area (Å²) in [6, 6.07) is 5.11. The highest BCUT2D eigenvalue weighted by atomic mass is 16.4. The summed E-state index contributed by atoms with van der Waals surface area (Å²) >= 11 is 0. The van der Waals surface area contributed by atoms with Crippen molar-refractivity contribution in [2.24, 2.45) is 0 Å². The van der Waals surface area contributed by atoms with Crippen LogP contribution in [0.4, 0.5) is 0 Å². The first-order valence-corrected chi connectivity index (χ1v) is 6.05. The summed E-state index contributed by atoms with van der Waals surface area (Å²) in [5.74, 6) is -0.791. The maximum atomic E-state index is 11.1. The molecular weight excluding hydrogens is 216 g/mol. The van der Waals surface area contributed by atoms with Gasteiger partial charge in [0, 0.05) is 12.2 Å². The van der Waals surface area contributed by atoms with E-state index >= 15 is 0 Å². The van der Waals surface area contributed by atoms with Crippen LogP contribution in [0.5, 0.6) is 0 Å². The van der Waals surface area contributed by atoms with Gasteiger partial charge >= 0.3 is 5.97 Å². The lowest BCUT2D eigenvalue weighted by Gasteiger charge is -2.19. The second-order valence-electron chi connectivity index (χ2n) is 4.18. The Morgan fingerprint density at radius 1 is 1.53 bits per heavy atom. The Morgan fingerprint density at radius 2 is 2.29 bits per heavy atom. The van der Waals surface area contributed by atoms with Crippen molar-refractivity contribution in [2.75, 3.05) is 0 Å². The molecule has 2 N–H and O–H groups in total. The van der Waals surface area contributed by atoms with E-state index in [4.69, 9.17) is 5.11 Å². The van der Waals surface area contributed by atoms with Crippen LogP contribution < -0.4 is 5.32 Å². The number of nitrogens with zero attached hydrogens (tertiary/aromatic N) is 1. The molecule has 2 atom stereocenters. The number of carbonyl (C=O) groups is 1. The number of nitrogens with one attached hydrogen (secondary N) is 1. The zero-order chi connectivity index (χ0) is 12.7. The van der Waals surface area contributed by atoms with Gasteiger partial charge in [-0.25, -0.2) is 0 Å². The van der Waals surface area contributed by atoms with Gasteiger partial charge < -0.3 is 5.11 Å². The van der Waals surface area contributed by atoms with Crippen molar-refractivity contribution in [1.82, 2.24) is 10.3 Å². The minimum atomic E-state index is -0.791. The third-order valence-corrected chi connectivity index (χ3v) is 2.73. The summed E-state index contributed by atoms with van der Waals surface area (Å²) in [5, 5.41) is 12.2. The van der Waals surface area contributed by atoms with Crippen LogP contribution in [0.3, 0.4) is 0 Å². The van der Waals surface area contributed by atoms with Gasteiger partial charge in [-0.15, -0.1) is 0 Å². The number of unbranched alkanes of at least 4 members (excludes halogenated alkanes) is 1. The summed E-state index contributed by atoms with van der Waals surface area (Å²) in [7, 11) is 0. The van der Waals surface area contributed by atoms with Gasteiger partial charge in [0.05, 0.1) is 5.69 Å². The molecule has 0 aromatic carbocycles. The minimum Gasteiger partial charge on any atom is -0.480 e. The average molecular weight is 236 g/mol. The van der Waals surface area contributed by atoms with Crippen LogP contribution in [-0.2, 0) is 4.79 Å². The van der Waals surface area contributed by atoms with Crippen molar-refractivity contribution in [3.63, 3.8) is 0 Å². The molecule has 0 saturated heterocycles. The third-order valence-electron chi connectivity index (χ3n) is 2.73. The van der Waals surface area contributed by atoms with Crippen molar-refractivity contribution < 1.29 is 9.90 Å². The fourth-order valence-electron chi connectivity index (χ4n) is 1.71. The van der Waals surface area contributed by atoms with Crippen molar-refractivity contribution >= 4 is 5.97 Å². The van der Waals surface area contributed by atoms with Crippen LogP contribution in [0.1, 0.15) is 44.8 Å². The molecule has 4 nitrogen and oxygen atoms in total. The number of hydrogen-bond acceptors (Lipinski definition) is 3. The average Bonchev–Trinajstić information content (AvgIpc) is 2.35. The highest BCUT2D eigenvalue weighted by Crippen LogP contribution is 2.11. The topological polar surface area (TPSA) is 62.2 Å². The lowest BCUT2D eigenvalue weighted by atomic mass is 10.1. The van der Waals surface area contributed by atoms with Crippen LogP contribution in [-0.4, -0.2) is 22.1 Å². The number of rotatable bonds is 7. The molecule has 17 heavy (non-hydrogen) atoms. The molecule has 0 fully saturated rings. The highest BCUT2D eigenvalue weighted by Gasteiger charge is 2.19. The highest BCUT2D eigenvalue weighted by molar-refractivity contribution is 5.73. The predicted octanol–water partition coefficient (Wildman–Crippen LogP) is 2.38. The number of hydrogen-bond donors (Lipinski definition) is 2. The van der Waals surface area contributed by atoms with E-state index in [1.165, 1.54) is 0 Å². The van der Waals surface area contributed by atoms with E-state index in [0.29, 0.717) is 6.42 Å². The zero-order valence-corrected chi connectivity index (χ0v) is 10.4. The molecule has 0 aliphatic heterocycles. The molecule has 1 aromatic rings. The van der Waals surface area contributed by atoms with E-state index < -0.39 is 12.0 Å². The lowest BCUT2D eigenvalue weighted by Crippen LogP contribution is -2.38.